The van der Waals surface area contributed by atoms with E-state index >= 15 is 0 Å². The van der Waals surface area contributed by atoms with Crippen LogP contribution in [0.15, 0.2) is 33.6 Å². The Morgan fingerprint density at radius 2 is 2.04 bits per heavy atom. The molecular weight excluding hydrogens is 318 g/mol. The molecule has 2 rings (SSSR count). The Balaban J connectivity index is 2.72. The molecule has 1 heterocycles. The van der Waals surface area contributed by atoms with Crippen molar-refractivity contribution in [2.45, 2.75) is 33.1 Å². The van der Waals surface area contributed by atoms with Gasteiger partial charge in [0.1, 0.15) is 11.3 Å². The number of fused-ring (bicyclic) bond motifs is 1. The zero-order valence-electron chi connectivity index (χ0n) is 15.5. The molecule has 0 atom stereocenters. The predicted octanol–water partition coefficient (Wildman–Crippen LogP) is 3.71. The molecule has 1 aromatic carbocycles. The number of allylic oxidation sites excluding steroid dienone is 1. The van der Waals surface area contributed by atoms with Gasteiger partial charge in [0, 0.05) is 43.4 Å². The molecule has 0 radical (unpaired) electrons. The summed E-state index contributed by atoms with van der Waals surface area (Å²) in [6, 6.07) is 3.30. The number of ether oxygens (including phenoxy) is 1. The molecule has 0 amide bonds. The topological polar surface area (TPSA) is 59.8 Å². The van der Waals surface area contributed by atoms with Gasteiger partial charge in [0.15, 0.2) is 5.78 Å². The molecule has 0 aliphatic rings. The van der Waals surface area contributed by atoms with Gasteiger partial charge in [0.2, 0.25) is 0 Å². The first-order chi connectivity index (χ1) is 11.9. The summed E-state index contributed by atoms with van der Waals surface area (Å²) in [5, 5.41) is 0.799. The molecular formula is C20H25NO4. The number of benzene rings is 1. The van der Waals surface area contributed by atoms with Crippen molar-refractivity contribution in [3.63, 3.8) is 0 Å². The van der Waals surface area contributed by atoms with Crippen LogP contribution in [0.5, 0.6) is 5.75 Å². The molecule has 0 spiro atoms. The van der Waals surface area contributed by atoms with E-state index < -0.39 is 0 Å². The van der Waals surface area contributed by atoms with Gasteiger partial charge in [-0.2, -0.15) is 0 Å². The molecule has 0 unspecified atom stereocenters. The average Bonchev–Trinajstić information content (AvgIpc) is 2.57. The first-order valence-corrected chi connectivity index (χ1v) is 8.42. The maximum atomic E-state index is 12.6. The SMILES string of the molecule is CCCCc1cc(=O)oc2c(C)c(OC)c(C(=O)C=CN(C)C)cc12. The standard InChI is InChI=1S/C20H25NO4/c1-6-7-8-14-11-18(23)25-20-13(2)19(24-5)16(12-15(14)20)17(22)9-10-21(3)4/h9-12H,6-8H2,1-5H3. The average molecular weight is 343 g/mol. The molecule has 5 nitrogen and oxygen atoms in total. The van der Waals surface area contributed by atoms with Crippen molar-refractivity contribution in [1.82, 2.24) is 4.90 Å². The van der Waals surface area contributed by atoms with E-state index in [0.29, 0.717) is 22.5 Å². The minimum absolute atomic E-state index is 0.150. The van der Waals surface area contributed by atoms with Gasteiger partial charge in [0.25, 0.3) is 0 Å². The van der Waals surface area contributed by atoms with Crippen LogP contribution in [0.3, 0.4) is 0 Å². The maximum Gasteiger partial charge on any atom is 0.336 e. The second-order valence-corrected chi connectivity index (χ2v) is 6.30. The zero-order valence-corrected chi connectivity index (χ0v) is 15.5. The third-order valence-electron chi connectivity index (χ3n) is 4.09. The molecule has 0 saturated heterocycles. The molecule has 5 heteroatoms. The lowest BCUT2D eigenvalue weighted by molar-refractivity contribution is 0.104. The van der Waals surface area contributed by atoms with Gasteiger partial charge in [-0.25, -0.2) is 4.79 Å². The summed E-state index contributed by atoms with van der Waals surface area (Å²) in [6.07, 6.45) is 5.96. The number of carbonyl (C=O) groups is 1. The highest BCUT2D eigenvalue weighted by Crippen LogP contribution is 2.33. The van der Waals surface area contributed by atoms with Crippen LogP contribution in [-0.2, 0) is 6.42 Å². The monoisotopic (exact) mass is 343 g/mol. The van der Waals surface area contributed by atoms with Gasteiger partial charge >= 0.3 is 5.63 Å². The summed E-state index contributed by atoms with van der Waals surface area (Å²) in [5.41, 5.74) is 2.15. The van der Waals surface area contributed by atoms with Gasteiger partial charge in [-0.1, -0.05) is 13.3 Å². The predicted molar refractivity (Wildman–Crippen MR) is 99.5 cm³/mol. The number of hydrogen-bond donors (Lipinski definition) is 0. The van der Waals surface area contributed by atoms with Crippen molar-refractivity contribution in [3.8, 4) is 5.75 Å². The summed E-state index contributed by atoms with van der Waals surface area (Å²) in [7, 11) is 5.22. The van der Waals surface area contributed by atoms with E-state index in [-0.39, 0.29) is 11.4 Å². The summed E-state index contributed by atoms with van der Waals surface area (Å²) >= 11 is 0. The van der Waals surface area contributed by atoms with Gasteiger partial charge in [-0.3, -0.25) is 4.79 Å². The van der Waals surface area contributed by atoms with Crippen molar-refractivity contribution >= 4 is 16.8 Å². The number of rotatable bonds is 7. The van der Waals surface area contributed by atoms with E-state index in [9.17, 15) is 9.59 Å². The van der Waals surface area contributed by atoms with Gasteiger partial charge < -0.3 is 14.1 Å². The Labute approximate surface area is 147 Å². The summed E-state index contributed by atoms with van der Waals surface area (Å²) in [5.74, 6) is 0.292. The number of aryl methyl sites for hydroxylation is 2. The summed E-state index contributed by atoms with van der Waals surface area (Å²) in [4.78, 5) is 26.4. The fourth-order valence-corrected chi connectivity index (χ4v) is 2.83. The molecule has 1 aromatic heterocycles. The van der Waals surface area contributed by atoms with E-state index in [1.807, 2.05) is 14.1 Å². The van der Waals surface area contributed by atoms with E-state index in [2.05, 4.69) is 6.92 Å². The molecule has 0 aliphatic carbocycles. The highest BCUT2D eigenvalue weighted by Gasteiger charge is 2.19. The van der Waals surface area contributed by atoms with Crippen molar-refractivity contribution < 1.29 is 13.9 Å². The Hall–Kier alpha value is -2.56. The Morgan fingerprint density at radius 1 is 1.32 bits per heavy atom. The zero-order chi connectivity index (χ0) is 18.6. The molecule has 2 aromatic rings. The quantitative estimate of drug-likeness (QED) is 0.436. The second kappa shape index (κ2) is 8.01. The van der Waals surface area contributed by atoms with Crippen molar-refractivity contribution in [2.24, 2.45) is 0 Å². The molecule has 0 aliphatic heterocycles. The van der Waals surface area contributed by atoms with E-state index in [1.165, 1.54) is 19.3 Å². The van der Waals surface area contributed by atoms with Crippen LogP contribution in [0.2, 0.25) is 0 Å². The van der Waals surface area contributed by atoms with E-state index in [0.717, 1.165) is 30.2 Å². The summed E-state index contributed by atoms with van der Waals surface area (Å²) in [6.45, 7) is 3.91. The number of carbonyl (C=O) groups excluding carboxylic acids is 1. The molecule has 25 heavy (non-hydrogen) atoms. The smallest absolute Gasteiger partial charge is 0.336 e. The third-order valence-corrected chi connectivity index (χ3v) is 4.09. The largest absolute Gasteiger partial charge is 0.496 e. The van der Waals surface area contributed by atoms with E-state index in [1.54, 1.807) is 24.1 Å². The maximum absolute atomic E-state index is 12.6. The molecule has 0 N–H and O–H groups in total. The number of ketones is 1. The normalized spacial score (nSPS) is 11.2. The van der Waals surface area contributed by atoms with Gasteiger partial charge in [0.05, 0.1) is 12.7 Å². The fourth-order valence-electron chi connectivity index (χ4n) is 2.83. The first kappa shape index (κ1) is 18.8. The number of hydrogen-bond acceptors (Lipinski definition) is 5. The van der Waals surface area contributed by atoms with Crippen LogP contribution in [0, 0.1) is 6.92 Å². The lowest BCUT2D eigenvalue weighted by Crippen LogP contribution is -2.07. The van der Waals surface area contributed by atoms with Gasteiger partial charge in [-0.15, -0.1) is 0 Å². The van der Waals surface area contributed by atoms with Gasteiger partial charge in [-0.05, 0) is 31.4 Å². The lowest BCUT2D eigenvalue weighted by atomic mass is 9.97. The van der Waals surface area contributed by atoms with Crippen LogP contribution in [-0.4, -0.2) is 31.9 Å². The minimum atomic E-state index is -0.379. The second-order valence-electron chi connectivity index (χ2n) is 6.30. The molecule has 134 valence electrons. The van der Waals surface area contributed by atoms with Crippen molar-refractivity contribution in [3.05, 3.63) is 51.5 Å². The Morgan fingerprint density at radius 3 is 2.64 bits per heavy atom. The number of methoxy groups -OCH3 is 1. The minimum Gasteiger partial charge on any atom is -0.496 e. The molecule has 0 bridgehead atoms. The highest BCUT2D eigenvalue weighted by molar-refractivity contribution is 6.09. The lowest BCUT2D eigenvalue weighted by Gasteiger charge is -2.14. The fraction of sp³-hybridized carbons (Fsp3) is 0.400. The Bertz CT molecular complexity index is 862. The van der Waals surface area contributed by atoms with Crippen LogP contribution in [0.1, 0.15) is 41.3 Å². The first-order valence-electron chi connectivity index (χ1n) is 8.42. The third kappa shape index (κ3) is 4.10. The number of nitrogens with zero attached hydrogens (tertiary/aromatic N) is 1. The highest BCUT2D eigenvalue weighted by atomic mass is 16.5. The van der Waals surface area contributed by atoms with E-state index in [4.69, 9.17) is 9.15 Å². The van der Waals surface area contributed by atoms with Crippen LogP contribution in [0.25, 0.3) is 11.0 Å². The molecule has 0 fully saturated rings. The number of unbranched alkanes of at least 4 members (excludes halogenated alkanes) is 1. The van der Waals surface area contributed by atoms with Crippen LogP contribution >= 0.6 is 0 Å². The van der Waals surface area contributed by atoms with Crippen LogP contribution in [0.4, 0.5) is 0 Å². The Kier molecular flexibility index (Phi) is 6.02. The molecule has 0 saturated carbocycles. The van der Waals surface area contributed by atoms with Crippen LogP contribution < -0.4 is 10.4 Å². The van der Waals surface area contributed by atoms with Crippen molar-refractivity contribution in [2.75, 3.05) is 21.2 Å². The van der Waals surface area contributed by atoms with Crippen molar-refractivity contribution in [1.29, 1.82) is 0 Å². The summed E-state index contributed by atoms with van der Waals surface area (Å²) < 4.78 is 10.9.